The molecule has 0 fully saturated rings. The normalized spacial score (nSPS) is 11.9. The predicted molar refractivity (Wildman–Crippen MR) is 105 cm³/mol. The minimum absolute atomic E-state index is 0.103. The minimum Gasteiger partial charge on any atom is -0.444 e. The van der Waals surface area contributed by atoms with Gasteiger partial charge in [-0.3, -0.25) is 14.9 Å². The molecule has 1 aromatic carbocycles. The van der Waals surface area contributed by atoms with E-state index in [9.17, 15) is 14.4 Å². The third-order valence-electron chi connectivity index (χ3n) is 2.99. The van der Waals surface area contributed by atoms with Crippen LogP contribution in [-0.4, -0.2) is 23.4 Å². The highest BCUT2D eigenvalue weighted by molar-refractivity contribution is 6.31. The second kappa shape index (κ2) is 9.63. The van der Waals surface area contributed by atoms with E-state index in [4.69, 9.17) is 27.8 Å². The number of carbonyl (C=O) groups is 3. The molecule has 0 aliphatic heterocycles. The first-order valence-corrected chi connectivity index (χ1v) is 8.36. The number of halogens is 1. The molecule has 0 saturated heterocycles. The number of amides is 2. The van der Waals surface area contributed by atoms with E-state index in [1.807, 2.05) is 0 Å². The van der Waals surface area contributed by atoms with Crippen LogP contribution in [-0.2, 0) is 14.3 Å². The molecule has 0 atom stereocenters. The predicted octanol–water partition coefficient (Wildman–Crippen LogP) is 2.90. The van der Waals surface area contributed by atoms with Crippen molar-refractivity contribution in [2.45, 2.75) is 32.8 Å². The van der Waals surface area contributed by atoms with Gasteiger partial charge in [0.15, 0.2) is 5.78 Å². The lowest BCUT2D eigenvalue weighted by Gasteiger charge is -2.20. The summed E-state index contributed by atoms with van der Waals surface area (Å²) in [5.74, 6) is -1.13. The van der Waals surface area contributed by atoms with Gasteiger partial charge in [0.25, 0.3) is 0 Å². The molecule has 0 aliphatic carbocycles. The number of anilines is 2. The van der Waals surface area contributed by atoms with Gasteiger partial charge in [0.1, 0.15) is 5.60 Å². The fraction of sp³-hybridized carbons (Fsp3) is 0.278. The van der Waals surface area contributed by atoms with Gasteiger partial charge in [-0.05, 0) is 51.2 Å². The van der Waals surface area contributed by atoms with Gasteiger partial charge in [0, 0.05) is 16.8 Å². The Bertz CT molecular complexity index is 782. The highest BCUT2D eigenvalue weighted by Crippen LogP contribution is 2.26. The van der Waals surface area contributed by atoms with E-state index >= 15 is 0 Å². The number of benzene rings is 1. The summed E-state index contributed by atoms with van der Waals surface area (Å²) in [7, 11) is 0. The summed E-state index contributed by atoms with van der Waals surface area (Å²) in [6, 6.07) is 4.48. The summed E-state index contributed by atoms with van der Waals surface area (Å²) in [6.07, 6.45) is 2.34. The van der Waals surface area contributed by atoms with Crippen molar-refractivity contribution in [2.75, 3.05) is 10.6 Å². The molecular formula is C18H23ClN4O4. The summed E-state index contributed by atoms with van der Waals surface area (Å²) >= 11 is 5.95. The fourth-order valence-electron chi connectivity index (χ4n) is 1.93. The van der Waals surface area contributed by atoms with Crippen molar-refractivity contribution >= 4 is 40.8 Å². The topological polar surface area (TPSA) is 137 Å². The van der Waals surface area contributed by atoms with Crippen LogP contribution in [0, 0.1) is 0 Å². The lowest BCUT2D eigenvalue weighted by molar-refractivity contribution is -0.123. The molecule has 27 heavy (non-hydrogen) atoms. The van der Waals surface area contributed by atoms with Gasteiger partial charge in [0.05, 0.1) is 17.8 Å². The number of allylic oxidation sites excluding steroid dienone is 2. The molecule has 0 aliphatic rings. The van der Waals surface area contributed by atoms with Crippen molar-refractivity contribution in [1.82, 2.24) is 0 Å². The summed E-state index contributed by atoms with van der Waals surface area (Å²) < 4.78 is 5.18. The van der Waals surface area contributed by atoms with Crippen LogP contribution in [0.5, 0.6) is 0 Å². The molecule has 0 bridgehead atoms. The van der Waals surface area contributed by atoms with Gasteiger partial charge in [-0.2, -0.15) is 0 Å². The quantitative estimate of drug-likeness (QED) is 0.332. The Balaban J connectivity index is 2.90. The first kappa shape index (κ1) is 22.0. The van der Waals surface area contributed by atoms with Gasteiger partial charge in [-0.25, -0.2) is 4.79 Å². The van der Waals surface area contributed by atoms with Crippen LogP contribution in [0.1, 0.15) is 27.2 Å². The first-order chi connectivity index (χ1) is 12.6. The van der Waals surface area contributed by atoms with Crippen LogP contribution in [0.4, 0.5) is 16.2 Å². The van der Waals surface area contributed by atoms with Crippen molar-refractivity contribution in [3.8, 4) is 0 Å². The molecule has 146 valence electrons. The number of hydrogen-bond acceptors (Lipinski definition) is 6. The average Bonchev–Trinajstić information content (AvgIpc) is 2.53. The van der Waals surface area contributed by atoms with Gasteiger partial charge >= 0.3 is 6.09 Å². The summed E-state index contributed by atoms with van der Waals surface area (Å²) in [5, 5.41) is 5.40. The van der Waals surface area contributed by atoms with E-state index in [2.05, 4.69) is 10.6 Å². The Morgan fingerprint density at radius 3 is 2.37 bits per heavy atom. The Hall–Kier alpha value is -3.00. The lowest BCUT2D eigenvalue weighted by atomic mass is 10.1. The molecule has 2 amide bonds. The van der Waals surface area contributed by atoms with Crippen LogP contribution in [0.15, 0.2) is 42.2 Å². The van der Waals surface area contributed by atoms with E-state index in [-0.39, 0.29) is 16.9 Å². The molecule has 0 saturated carbocycles. The number of Topliss-reactive ketones (excluding diaryl/α,β-unsaturated/α-hetero) is 1. The number of nitrogens with two attached hydrogens (primary N) is 2. The largest absolute Gasteiger partial charge is 0.444 e. The monoisotopic (exact) mass is 394 g/mol. The van der Waals surface area contributed by atoms with E-state index in [0.717, 1.165) is 12.4 Å². The smallest absolute Gasteiger partial charge is 0.412 e. The number of hydrogen-bond donors (Lipinski definition) is 4. The highest BCUT2D eigenvalue weighted by Gasteiger charge is 2.19. The number of nitrogens with one attached hydrogen (secondary N) is 2. The maximum absolute atomic E-state index is 12.2. The number of ketones is 1. The molecule has 0 heterocycles. The molecule has 8 nitrogen and oxygen atoms in total. The van der Waals surface area contributed by atoms with Crippen molar-refractivity contribution < 1.29 is 19.1 Å². The zero-order valence-electron chi connectivity index (χ0n) is 15.3. The van der Waals surface area contributed by atoms with Crippen LogP contribution in [0.25, 0.3) is 0 Å². The maximum atomic E-state index is 12.2. The number of ether oxygens (including phenoxy) is 1. The van der Waals surface area contributed by atoms with Crippen molar-refractivity contribution in [3.63, 3.8) is 0 Å². The SMILES string of the molecule is CC(C)(C)OC(=O)Nc1ccc(Cl)cc1NC(=O)CC(=O)C(/C=C\N)=C/N. The highest BCUT2D eigenvalue weighted by atomic mass is 35.5. The second-order valence-electron chi connectivity index (χ2n) is 6.45. The van der Waals surface area contributed by atoms with Crippen molar-refractivity contribution in [2.24, 2.45) is 11.5 Å². The Morgan fingerprint density at radius 2 is 1.81 bits per heavy atom. The van der Waals surface area contributed by atoms with E-state index in [0.29, 0.717) is 5.02 Å². The van der Waals surface area contributed by atoms with Crippen molar-refractivity contribution in [1.29, 1.82) is 0 Å². The van der Waals surface area contributed by atoms with Crippen LogP contribution >= 0.6 is 11.6 Å². The van der Waals surface area contributed by atoms with Gasteiger partial charge in [-0.15, -0.1) is 0 Å². The zero-order valence-corrected chi connectivity index (χ0v) is 16.1. The van der Waals surface area contributed by atoms with Gasteiger partial charge < -0.3 is 21.5 Å². The summed E-state index contributed by atoms with van der Waals surface area (Å²) in [4.78, 5) is 36.2. The number of rotatable bonds is 6. The van der Waals surface area contributed by atoms with E-state index < -0.39 is 29.8 Å². The molecule has 0 aromatic heterocycles. The van der Waals surface area contributed by atoms with Gasteiger partial charge in [0.2, 0.25) is 5.91 Å². The van der Waals surface area contributed by atoms with Crippen molar-refractivity contribution in [3.05, 3.63) is 47.3 Å². The molecule has 6 N–H and O–H groups in total. The standard InChI is InChI=1S/C18H23ClN4O4/c1-18(2,3)27-17(26)23-13-5-4-12(19)8-14(13)22-16(25)9-15(24)11(10-21)6-7-20/h4-8,10H,9,20-21H2,1-3H3,(H,22,25)(H,23,26)/b7-6-,11-10+. The van der Waals surface area contributed by atoms with Crippen LogP contribution in [0.3, 0.4) is 0 Å². The maximum Gasteiger partial charge on any atom is 0.412 e. The average molecular weight is 395 g/mol. The summed E-state index contributed by atoms with van der Waals surface area (Å²) in [6.45, 7) is 5.17. The van der Waals surface area contributed by atoms with Crippen LogP contribution < -0.4 is 22.1 Å². The van der Waals surface area contributed by atoms with E-state index in [1.54, 1.807) is 20.8 Å². The third kappa shape index (κ3) is 7.83. The Kier molecular flexibility index (Phi) is 7.86. The second-order valence-corrected chi connectivity index (χ2v) is 6.88. The Morgan fingerprint density at radius 1 is 1.15 bits per heavy atom. The molecule has 0 unspecified atom stereocenters. The molecule has 0 radical (unpaired) electrons. The fourth-order valence-corrected chi connectivity index (χ4v) is 2.10. The minimum atomic E-state index is -0.696. The van der Waals surface area contributed by atoms with Gasteiger partial charge in [-0.1, -0.05) is 11.6 Å². The molecule has 0 spiro atoms. The van der Waals surface area contributed by atoms with E-state index in [1.165, 1.54) is 24.3 Å². The summed E-state index contributed by atoms with van der Waals surface area (Å²) in [5.41, 5.74) is 10.5. The molecule has 1 rings (SSSR count). The van der Waals surface area contributed by atoms with Crippen LogP contribution in [0.2, 0.25) is 5.02 Å². The first-order valence-electron chi connectivity index (χ1n) is 7.98. The molecular weight excluding hydrogens is 372 g/mol. The lowest BCUT2D eigenvalue weighted by Crippen LogP contribution is -2.27. The number of carbonyl (C=O) groups excluding carboxylic acids is 3. The Labute approximate surface area is 162 Å². The molecule has 1 aromatic rings. The molecule has 9 heteroatoms. The zero-order chi connectivity index (χ0) is 20.6. The third-order valence-corrected chi connectivity index (χ3v) is 3.22.